The van der Waals surface area contributed by atoms with Crippen molar-refractivity contribution in [3.63, 3.8) is 0 Å². The Morgan fingerprint density at radius 1 is 1.15 bits per heavy atom. The number of fused-ring (bicyclic) bond motifs is 5. The van der Waals surface area contributed by atoms with Gasteiger partial charge in [0, 0.05) is 37.5 Å². The molecule has 0 radical (unpaired) electrons. The zero-order valence-corrected chi connectivity index (χ0v) is 20.1. The van der Waals surface area contributed by atoms with Crippen LogP contribution in [0.2, 0.25) is 5.02 Å². The lowest BCUT2D eigenvalue weighted by molar-refractivity contribution is 0.0387. The van der Waals surface area contributed by atoms with Gasteiger partial charge in [0.15, 0.2) is 11.3 Å². The van der Waals surface area contributed by atoms with Crippen LogP contribution in [0.4, 0.5) is 0 Å². The molecule has 2 unspecified atom stereocenters. The van der Waals surface area contributed by atoms with Crippen LogP contribution >= 0.6 is 11.6 Å². The molecule has 3 aromatic heterocycles. The van der Waals surface area contributed by atoms with E-state index in [1.54, 1.807) is 18.0 Å². The zero-order valence-electron chi connectivity index (χ0n) is 19.3. The number of nitrogens with zero attached hydrogens (tertiary/aromatic N) is 6. The maximum absolute atomic E-state index is 13.9. The van der Waals surface area contributed by atoms with Gasteiger partial charge in [-0.1, -0.05) is 11.6 Å². The molecule has 1 aromatic carbocycles. The molecule has 2 bridgehead atoms. The number of benzene rings is 1. The summed E-state index contributed by atoms with van der Waals surface area (Å²) < 4.78 is 8.93. The van der Waals surface area contributed by atoms with Gasteiger partial charge in [0.05, 0.1) is 34.9 Å². The van der Waals surface area contributed by atoms with Crippen LogP contribution in [0.1, 0.15) is 47.1 Å². The number of hydrogen-bond acceptors (Lipinski definition) is 5. The van der Waals surface area contributed by atoms with Crippen molar-refractivity contribution < 1.29 is 9.53 Å². The third-order valence-corrected chi connectivity index (χ3v) is 7.43. The molecule has 2 atom stereocenters. The third kappa shape index (κ3) is 3.05. The van der Waals surface area contributed by atoms with Crippen LogP contribution in [-0.2, 0) is 20.5 Å². The lowest BCUT2D eigenvalue weighted by Gasteiger charge is -2.45. The Morgan fingerprint density at radius 2 is 2.00 bits per heavy atom. The molecule has 0 saturated carbocycles. The Balaban J connectivity index is 1.43. The summed E-state index contributed by atoms with van der Waals surface area (Å²) in [6.07, 6.45) is 5.40. The Hall–Kier alpha value is -3.39. The van der Waals surface area contributed by atoms with E-state index in [4.69, 9.17) is 21.4 Å². The first kappa shape index (κ1) is 21.2. The van der Waals surface area contributed by atoms with E-state index in [-0.39, 0.29) is 18.0 Å². The summed E-state index contributed by atoms with van der Waals surface area (Å²) in [6, 6.07) is 9.62. The summed E-state index contributed by atoms with van der Waals surface area (Å²) in [6.45, 7) is 0. The number of ether oxygens (including phenoxy) is 1. The van der Waals surface area contributed by atoms with E-state index in [1.165, 1.54) is 5.56 Å². The van der Waals surface area contributed by atoms with Crippen molar-refractivity contribution in [3.8, 4) is 17.0 Å². The average Bonchev–Trinajstić information content (AvgIpc) is 3.35. The van der Waals surface area contributed by atoms with Gasteiger partial charge in [-0.15, -0.1) is 0 Å². The summed E-state index contributed by atoms with van der Waals surface area (Å²) in [5.41, 5.74) is 5.41. The first-order valence-electron chi connectivity index (χ1n) is 11.5. The lowest BCUT2D eigenvalue weighted by atomic mass is 9.81. The number of pyridine rings is 1. The predicted octanol–water partition coefficient (Wildman–Crippen LogP) is 4.32. The lowest BCUT2D eigenvalue weighted by Crippen LogP contribution is -2.50. The molecule has 1 saturated heterocycles. The molecule has 9 heteroatoms. The molecule has 5 heterocycles. The van der Waals surface area contributed by atoms with Crippen LogP contribution in [-0.4, -0.2) is 48.5 Å². The van der Waals surface area contributed by atoms with Gasteiger partial charge >= 0.3 is 0 Å². The summed E-state index contributed by atoms with van der Waals surface area (Å²) in [4.78, 5) is 20.3. The monoisotopic (exact) mass is 476 g/mol. The second-order valence-electron chi connectivity index (χ2n) is 9.05. The number of piperidine rings is 1. The first-order valence-corrected chi connectivity index (χ1v) is 11.9. The van der Waals surface area contributed by atoms with Crippen molar-refractivity contribution in [2.24, 2.45) is 14.1 Å². The molecule has 2 aliphatic heterocycles. The molecule has 0 N–H and O–H groups in total. The van der Waals surface area contributed by atoms with E-state index in [9.17, 15) is 4.79 Å². The minimum Gasteiger partial charge on any atom is -0.495 e. The number of aryl methyl sites for hydroxylation is 2. The predicted molar refractivity (Wildman–Crippen MR) is 129 cm³/mol. The zero-order chi connectivity index (χ0) is 23.6. The topological polar surface area (TPSA) is 78.1 Å². The van der Waals surface area contributed by atoms with Crippen LogP contribution in [0.15, 0.2) is 36.5 Å². The van der Waals surface area contributed by atoms with Gasteiger partial charge in [-0.3, -0.25) is 9.48 Å². The molecule has 2 aliphatic rings. The Kier molecular flexibility index (Phi) is 4.88. The van der Waals surface area contributed by atoms with Crippen molar-refractivity contribution in [2.75, 3.05) is 7.11 Å². The normalized spacial score (nSPS) is 19.4. The maximum atomic E-state index is 13.9. The van der Waals surface area contributed by atoms with Crippen molar-refractivity contribution in [2.45, 2.75) is 37.8 Å². The van der Waals surface area contributed by atoms with E-state index in [0.717, 1.165) is 48.0 Å². The van der Waals surface area contributed by atoms with Crippen LogP contribution < -0.4 is 4.74 Å². The standard InChI is InChI=1S/C25H25ClN6O2/c1-30-23(14-9-10-20(34-3)18(26)12-14)17-13-15-6-4-8-19(21(17)28-30)32(15)25(33)22-16-7-5-11-27-24(16)31(2)29-22/h5,7,9-12,15,19H,4,6,8,13H2,1-3H3. The highest BCUT2D eigenvalue weighted by Crippen LogP contribution is 2.45. The SMILES string of the molecule is COc1ccc(-c2c3c(nn2C)C2CCCC(C3)N2C(=O)c2nn(C)c3ncccc23)cc1Cl. The number of amides is 1. The minimum absolute atomic E-state index is 0.0429. The summed E-state index contributed by atoms with van der Waals surface area (Å²) in [5, 5.41) is 10.8. The van der Waals surface area contributed by atoms with Gasteiger partial charge in [-0.05, 0) is 56.0 Å². The van der Waals surface area contributed by atoms with Crippen molar-refractivity contribution in [1.29, 1.82) is 0 Å². The number of halogens is 1. The Bertz CT molecular complexity index is 1440. The van der Waals surface area contributed by atoms with Gasteiger partial charge in [0.2, 0.25) is 0 Å². The molecule has 174 valence electrons. The van der Waals surface area contributed by atoms with Gasteiger partial charge < -0.3 is 9.64 Å². The molecular weight excluding hydrogens is 452 g/mol. The molecule has 1 amide bonds. The van der Waals surface area contributed by atoms with E-state index in [0.29, 0.717) is 22.1 Å². The van der Waals surface area contributed by atoms with E-state index in [1.807, 2.05) is 54.0 Å². The fourth-order valence-corrected chi connectivity index (χ4v) is 5.95. The quantitative estimate of drug-likeness (QED) is 0.440. The van der Waals surface area contributed by atoms with E-state index < -0.39 is 0 Å². The summed E-state index contributed by atoms with van der Waals surface area (Å²) in [5.74, 6) is 0.603. The molecule has 8 nitrogen and oxygen atoms in total. The van der Waals surface area contributed by atoms with Crippen molar-refractivity contribution in [1.82, 2.24) is 29.4 Å². The van der Waals surface area contributed by atoms with Crippen LogP contribution in [0, 0.1) is 0 Å². The van der Waals surface area contributed by atoms with E-state index >= 15 is 0 Å². The Labute approximate surface area is 202 Å². The van der Waals surface area contributed by atoms with Gasteiger partial charge in [0.25, 0.3) is 5.91 Å². The fourth-order valence-electron chi connectivity index (χ4n) is 5.69. The number of carbonyl (C=O) groups excluding carboxylic acids is 1. The van der Waals surface area contributed by atoms with Crippen molar-refractivity contribution in [3.05, 3.63) is 58.5 Å². The summed E-state index contributed by atoms with van der Waals surface area (Å²) >= 11 is 6.44. The second-order valence-corrected chi connectivity index (χ2v) is 9.46. The highest BCUT2D eigenvalue weighted by atomic mass is 35.5. The molecule has 1 fully saturated rings. The smallest absolute Gasteiger partial charge is 0.275 e. The number of rotatable bonds is 3. The second kappa shape index (κ2) is 7.84. The molecular formula is C25H25ClN6O2. The number of hydrogen-bond donors (Lipinski definition) is 0. The van der Waals surface area contributed by atoms with Crippen molar-refractivity contribution >= 4 is 28.5 Å². The molecule has 4 aromatic rings. The molecule has 0 aliphatic carbocycles. The number of carbonyl (C=O) groups is 1. The summed E-state index contributed by atoms with van der Waals surface area (Å²) in [7, 11) is 5.40. The Morgan fingerprint density at radius 3 is 2.79 bits per heavy atom. The first-order chi connectivity index (χ1) is 16.5. The van der Waals surface area contributed by atoms with Crippen LogP contribution in [0.25, 0.3) is 22.3 Å². The van der Waals surface area contributed by atoms with E-state index in [2.05, 4.69) is 10.1 Å². The molecule has 0 spiro atoms. The highest BCUT2D eigenvalue weighted by Gasteiger charge is 2.44. The van der Waals surface area contributed by atoms with Gasteiger partial charge in [0.1, 0.15) is 5.75 Å². The number of aromatic nitrogens is 5. The average molecular weight is 477 g/mol. The molecule has 34 heavy (non-hydrogen) atoms. The third-order valence-electron chi connectivity index (χ3n) is 7.14. The fraction of sp³-hybridized carbons (Fsp3) is 0.360. The minimum atomic E-state index is -0.0719. The van der Waals surface area contributed by atoms with Gasteiger partial charge in [-0.25, -0.2) is 9.67 Å². The molecule has 6 rings (SSSR count). The highest BCUT2D eigenvalue weighted by molar-refractivity contribution is 6.32. The number of methoxy groups -OCH3 is 1. The largest absolute Gasteiger partial charge is 0.495 e. The maximum Gasteiger partial charge on any atom is 0.275 e. The van der Waals surface area contributed by atoms with Crippen LogP contribution in [0.5, 0.6) is 5.75 Å². The van der Waals surface area contributed by atoms with Gasteiger partial charge in [-0.2, -0.15) is 10.2 Å². The van der Waals surface area contributed by atoms with Crippen LogP contribution in [0.3, 0.4) is 0 Å².